The zero-order valence-corrected chi connectivity index (χ0v) is 12.5. The molecule has 112 valence electrons. The lowest BCUT2D eigenvalue weighted by Gasteiger charge is -2.26. The van der Waals surface area contributed by atoms with Gasteiger partial charge >= 0.3 is 0 Å². The number of nitrogens with two attached hydrogens (primary N) is 1. The van der Waals surface area contributed by atoms with Crippen molar-refractivity contribution in [2.75, 3.05) is 26.8 Å². The molecule has 2 N–H and O–H groups in total. The number of aromatic nitrogens is 2. The summed E-state index contributed by atoms with van der Waals surface area (Å²) in [5.74, 6) is 0.309. The van der Waals surface area contributed by atoms with E-state index in [1.54, 1.807) is 7.11 Å². The monoisotopic (exact) mass is 280 g/mol. The van der Waals surface area contributed by atoms with Gasteiger partial charge in [0, 0.05) is 43.8 Å². The first kappa shape index (κ1) is 15.0. The van der Waals surface area contributed by atoms with Crippen LogP contribution >= 0.6 is 0 Å². The Bertz CT molecular complexity index is 458. The normalized spacial score (nSPS) is 23.1. The van der Waals surface area contributed by atoms with Crippen molar-refractivity contribution in [1.82, 2.24) is 14.7 Å². The van der Waals surface area contributed by atoms with Gasteiger partial charge in [-0.15, -0.1) is 0 Å². The van der Waals surface area contributed by atoms with Gasteiger partial charge < -0.3 is 15.4 Å². The minimum Gasteiger partial charge on any atom is -0.383 e. The quantitative estimate of drug-likeness (QED) is 0.842. The predicted octanol–water partition coefficient (Wildman–Crippen LogP) is 0.959. The van der Waals surface area contributed by atoms with Gasteiger partial charge in [0.05, 0.1) is 18.8 Å². The first-order valence-corrected chi connectivity index (χ1v) is 7.11. The van der Waals surface area contributed by atoms with E-state index in [1.165, 1.54) is 0 Å². The second kappa shape index (κ2) is 6.37. The van der Waals surface area contributed by atoms with Crippen LogP contribution in [0.3, 0.4) is 0 Å². The number of carbonyl (C=O) groups excluding carboxylic acids is 1. The zero-order valence-electron chi connectivity index (χ0n) is 12.5. The van der Waals surface area contributed by atoms with Crippen molar-refractivity contribution in [3.05, 3.63) is 18.0 Å². The Balaban J connectivity index is 2.24. The standard InChI is InChI=1S/C14H24N4O2/c1-10(2)18-9-12(8-16-18)14-11(7-15)6-13(19)17(14)4-5-20-3/h8-11,14H,4-7,15H2,1-3H3/t11-,14+/m1/s1. The van der Waals surface area contributed by atoms with Crippen molar-refractivity contribution in [1.29, 1.82) is 0 Å². The Morgan fingerprint density at radius 1 is 1.55 bits per heavy atom. The van der Waals surface area contributed by atoms with Crippen LogP contribution < -0.4 is 5.73 Å². The van der Waals surface area contributed by atoms with Crippen LogP contribution in [-0.2, 0) is 9.53 Å². The highest BCUT2D eigenvalue weighted by Crippen LogP contribution is 2.37. The second-order valence-corrected chi connectivity index (χ2v) is 5.57. The Hall–Kier alpha value is -1.40. The number of nitrogens with zero attached hydrogens (tertiary/aromatic N) is 3. The minimum atomic E-state index is 0.0233. The molecule has 1 aromatic heterocycles. The van der Waals surface area contributed by atoms with Crippen LogP contribution in [0.1, 0.15) is 37.9 Å². The molecule has 0 spiro atoms. The molecule has 0 aromatic carbocycles. The fourth-order valence-corrected chi connectivity index (χ4v) is 2.77. The van der Waals surface area contributed by atoms with Gasteiger partial charge in [-0.2, -0.15) is 5.10 Å². The second-order valence-electron chi connectivity index (χ2n) is 5.57. The summed E-state index contributed by atoms with van der Waals surface area (Å²) >= 11 is 0. The smallest absolute Gasteiger partial charge is 0.223 e. The van der Waals surface area contributed by atoms with E-state index in [2.05, 4.69) is 18.9 Å². The van der Waals surface area contributed by atoms with Crippen molar-refractivity contribution in [2.45, 2.75) is 32.4 Å². The molecular weight excluding hydrogens is 256 g/mol. The molecule has 20 heavy (non-hydrogen) atoms. The van der Waals surface area contributed by atoms with Crippen LogP contribution in [0.2, 0.25) is 0 Å². The van der Waals surface area contributed by atoms with Crippen LogP contribution in [0.15, 0.2) is 12.4 Å². The molecule has 1 saturated heterocycles. The highest BCUT2D eigenvalue weighted by atomic mass is 16.5. The van der Waals surface area contributed by atoms with Gasteiger partial charge in [0.1, 0.15) is 0 Å². The summed E-state index contributed by atoms with van der Waals surface area (Å²) in [6, 6.07) is 0.333. The third-order valence-electron chi connectivity index (χ3n) is 3.87. The fraction of sp³-hybridized carbons (Fsp3) is 0.714. The summed E-state index contributed by atoms with van der Waals surface area (Å²) in [5.41, 5.74) is 6.91. The molecule has 2 atom stereocenters. The van der Waals surface area contributed by atoms with Crippen LogP contribution in [0, 0.1) is 5.92 Å². The van der Waals surface area contributed by atoms with Crippen LogP contribution in [0.4, 0.5) is 0 Å². The predicted molar refractivity (Wildman–Crippen MR) is 76.1 cm³/mol. The van der Waals surface area contributed by atoms with E-state index < -0.39 is 0 Å². The Morgan fingerprint density at radius 3 is 2.85 bits per heavy atom. The first-order chi connectivity index (χ1) is 9.58. The van der Waals surface area contributed by atoms with Crippen molar-refractivity contribution in [2.24, 2.45) is 11.7 Å². The molecule has 6 heteroatoms. The molecule has 1 aliphatic rings. The van der Waals surface area contributed by atoms with E-state index in [0.717, 1.165) is 5.56 Å². The number of likely N-dealkylation sites (tertiary alicyclic amines) is 1. The van der Waals surface area contributed by atoms with Gasteiger partial charge in [0.15, 0.2) is 0 Å². The van der Waals surface area contributed by atoms with Gasteiger partial charge in [-0.05, 0) is 20.4 Å². The number of methoxy groups -OCH3 is 1. The van der Waals surface area contributed by atoms with Crippen molar-refractivity contribution < 1.29 is 9.53 Å². The number of amides is 1. The zero-order chi connectivity index (χ0) is 14.7. The SMILES string of the molecule is COCCN1C(=O)C[C@H](CN)[C@H]1c1cnn(C(C)C)c1. The lowest BCUT2D eigenvalue weighted by atomic mass is 9.96. The third-order valence-corrected chi connectivity index (χ3v) is 3.87. The van der Waals surface area contributed by atoms with Gasteiger partial charge in [0.2, 0.25) is 5.91 Å². The molecule has 1 aromatic rings. The lowest BCUT2D eigenvalue weighted by molar-refractivity contribution is -0.129. The van der Waals surface area contributed by atoms with E-state index in [4.69, 9.17) is 10.5 Å². The van der Waals surface area contributed by atoms with Crippen LogP contribution in [0.5, 0.6) is 0 Å². The first-order valence-electron chi connectivity index (χ1n) is 7.11. The summed E-state index contributed by atoms with van der Waals surface area (Å²) in [7, 11) is 1.65. The molecule has 2 rings (SSSR count). The van der Waals surface area contributed by atoms with E-state index in [1.807, 2.05) is 22.0 Å². The van der Waals surface area contributed by atoms with E-state index in [0.29, 0.717) is 32.2 Å². The number of rotatable bonds is 6. The number of hydrogen-bond donors (Lipinski definition) is 1. The maximum atomic E-state index is 12.2. The minimum absolute atomic E-state index is 0.0233. The Kier molecular flexibility index (Phi) is 4.77. The molecule has 0 saturated carbocycles. The molecule has 6 nitrogen and oxygen atoms in total. The summed E-state index contributed by atoms with van der Waals surface area (Å²) in [4.78, 5) is 14.0. The molecule has 0 unspecified atom stereocenters. The number of ether oxygens (including phenoxy) is 1. The molecule has 0 radical (unpaired) electrons. The largest absolute Gasteiger partial charge is 0.383 e. The maximum Gasteiger partial charge on any atom is 0.223 e. The van der Waals surface area contributed by atoms with E-state index >= 15 is 0 Å². The van der Waals surface area contributed by atoms with Crippen LogP contribution in [0.25, 0.3) is 0 Å². The molecule has 1 fully saturated rings. The van der Waals surface area contributed by atoms with Crippen molar-refractivity contribution >= 4 is 5.91 Å². The molecule has 1 aliphatic heterocycles. The lowest BCUT2D eigenvalue weighted by Crippen LogP contribution is -2.33. The Labute approximate surface area is 119 Å². The van der Waals surface area contributed by atoms with Gasteiger partial charge in [-0.1, -0.05) is 0 Å². The van der Waals surface area contributed by atoms with Gasteiger partial charge in [0.25, 0.3) is 0 Å². The van der Waals surface area contributed by atoms with Crippen molar-refractivity contribution in [3.8, 4) is 0 Å². The van der Waals surface area contributed by atoms with Gasteiger partial charge in [-0.25, -0.2) is 0 Å². The number of hydrogen-bond acceptors (Lipinski definition) is 4. The molecule has 0 aliphatic carbocycles. The van der Waals surface area contributed by atoms with Crippen molar-refractivity contribution in [3.63, 3.8) is 0 Å². The maximum absolute atomic E-state index is 12.2. The highest BCUT2D eigenvalue weighted by Gasteiger charge is 2.40. The summed E-state index contributed by atoms with van der Waals surface area (Å²) < 4.78 is 7.02. The average Bonchev–Trinajstić information content (AvgIpc) is 3.00. The average molecular weight is 280 g/mol. The van der Waals surface area contributed by atoms with E-state index in [9.17, 15) is 4.79 Å². The Morgan fingerprint density at radius 2 is 2.30 bits per heavy atom. The van der Waals surface area contributed by atoms with E-state index in [-0.39, 0.29) is 17.9 Å². The topological polar surface area (TPSA) is 73.4 Å². The molecule has 0 bridgehead atoms. The highest BCUT2D eigenvalue weighted by molar-refractivity contribution is 5.79. The summed E-state index contributed by atoms with van der Waals surface area (Å²) in [6.45, 7) is 5.81. The summed E-state index contributed by atoms with van der Waals surface area (Å²) in [5, 5.41) is 4.38. The third kappa shape index (κ3) is 2.86. The molecule has 1 amide bonds. The van der Waals surface area contributed by atoms with Crippen LogP contribution in [-0.4, -0.2) is 47.4 Å². The molecule has 2 heterocycles. The number of carbonyl (C=O) groups is 1. The fourth-order valence-electron chi connectivity index (χ4n) is 2.77. The molecular formula is C14H24N4O2. The van der Waals surface area contributed by atoms with Gasteiger partial charge in [-0.3, -0.25) is 9.48 Å². The summed E-state index contributed by atoms with van der Waals surface area (Å²) in [6.07, 6.45) is 4.39.